The normalized spacial score (nSPS) is 14.9. The molecule has 1 aromatic carbocycles. The van der Waals surface area contributed by atoms with E-state index in [1.807, 2.05) is 17.0 Å². The summed E-state index contributed by atoms with van der Waals surface area (Å²) in [4.78, 5) is 26.8. The van der Waals surface area contributed by atoms with E-state index >= 15 is 0 Å². The summed E-state index contributed by atoms with van der Waals surface area (Å²) in [5, 5.41) is 6.97. The van der Waals surface area contributed by atoms with E-state index in [-0.39, 0.29) is 11.8 Å². The van der Waals surface area contributed by atoms with E-state index in [9.17, 15) is 9.59 Å². The topological polar surface area (TPSA) is 76.5 Å². The van der Waals surface area contributed by atoms with Crippen LogP contribution < -0.4 is 10.1 Å². The predicted molar refractivity (Wildman–Crippen MR) is 105 cm³/mol. The fourth-order valence-corrected chi connectivity index (χ4v) is 3.60. The number of ether oxygens (including phenoxy) is 1. The average Bonchev–Trinajstić information content (AvgIpc) is 3.13. The van der Waals surface area contributed by atoms with Gasteiger partial charge >= 0.3 is 0 Å². The highest BCUT2D eigenvalue weighted by Gasteiger charge is 2.25. The van der Waals surface area contributed by atoms with E-state index in [0.717, 1.165) is 17.3 Å². The lowest BCUT2D eigenvalue weighted by atomic mass is 9.96. The minimum Gasteiger partial charge on any atom is -0.497 e. The van der Waals surface area contributed by atoms with Crippen LogP contribution in [-0.4, -0.2) is 53.2 Å². The monoisotopic (exact) mass is 434 g/mol. The van der Waals surface area contributed by atoms with Gasteiger partial charge in [0.1, 0.15) is 5.75 Å². The second-order valence-corrected chi connectivity index (χ2v) is 7.55. The number of amides is 2. The molecule has 0 saturated carbocycles. The first-order chi connectivity index (χ1) is 13.0. The van der Waals surface area contributed by atoms with Gasteiger partial charge in [-0.2, -0.15) is 5.10 Å². The Hall–Kier alpha value is -2.35. The van der Waals surface area contributed by atoms with Crippen molar-refractivity contribution >= 4 is 27.7 Å². The van der Waals surface area contributed by atoms with Crippen molar-refractivity contribution in [2.45, 2.75) is 12.8 Å². The van der Waals surface area contributed by atoms with Gasteiger partial charge in [0.2, 0.25) is 0 Å². The molecule has 1 N–H and O–H groups in total. The smallest absolute Gasteiger partial charge is 0.255 e. The van der Waals surface area contributed by atoms with Crippen LogP contribution in [0.4, 0.5) is 0 Å². The van der Waals surface area contributed by atoms with Crippen LogP contribution >= 0.6 is 15.9 Å². The van der Waals surface area contributed by atoms with Crippen LogP contribution in [-0.2, 0) is 7.05 Å². The first-order valence-corrected chi connectivity index (χ1v) is 9.67. The number of piperidine rings is 1. The molecule has 3 rings (SSSR count). The lowest BCUT2D eigenvalue weighted by molar-refractivity contribution is 0.0683. The maximum absolute atomic E-state index is 12.8. The van der Waals surface area contributed by atoms with Gasteiger partial charge in [0.25, 0.3) is 11.8 Å². The first kappa shape index (κ1) is 19.4. The van der Waals surface area contributed by atoms with Gasteiger partial charge in [-0.05, 0) is 52.9 Å². The minimum absolute atomic E-state index is 0.00128. The van der Waals surface area contributed by atoms with Crippen LogP contribution in [0.2, 0.25) is 0 Å². The number of carbonyl (C=O) groups is 2. The van der Waals surface area contributed by atoms with Gasteiger partial charge < -0.3 is 15.0 Å². The van der Waals surface area contributed by atoms with Crippen molar-refractivity contribution in [1.82, 2.24) is 20.0 Å². The molecule has 1 fully saturated rings. The zero-order valence-electron chi connectivity index (χ0n) is 15.4. The Kier molecular flexibility index (Phi) is 6.15. The summed E-state index contributed by atoms with van der Waals surface area (Å²) in [6.45, 7) is 1.96. The van der Waals surface area contributed by atoms with Crippen molar-refractivity contribution in [3.05, 3.63) is 46.2 Å². The van der Waals surface area contributed by atoms with E-state index in [1.165, 1.54) is 0 Å². The molecule has 2 heterocycles. The highest BCUT2D eigenvalue weighted by Crippen LogP contribution is 2.26. The second-order valence-electron chi connectivity index (χ2n) is 6.69. The molecule has 1 aliphatic heterocycles. The molecule has 2 amide bonds. The van der Waals surface area contributed by atoms with Crippen LogP contribution in [0.15, 0.2) is 35.1 Å². The number of hydrogen-bond acceptors (Lipinski definition) is 4. The third-order valence-corrected chi connectivity index (χ3v) is 5.52. The number of aromatic nitrogens is 2. The van der Waals surface area contributed by atoms with Crippen molar-refractivity contribution < 1.29 is 14.3 Å². The van der Waals surface area contributed by atoms with E-state index in [0.29, 0.717) is 42.4 Å². The molecule has 0 atom stereocenters. The molecule has 0 bridgehead atoms. The Morgan fingerprint density at radius 2 is 2.07 bits per heavy atom. The van der Waals surface area contributed by atoms with Gasteiger partial charge in [-0.25, -0.2) is 0 Å². The quantitative estimate of drug-likeness (QED) is 0.783. The SMILES string of the molecule is COc1ccc(Br)c(C(=O)N2CCC(CNC(=O)c3cnn(C)c3)CC2)c1. The number of nitrogens with one attached hydrogen (secondary N) is 1. The molecule has 2 aromatic rings. The zero-order valence-corrected chi connectivity index (χ0v) is 17.0. The maximum atomic E-state index is 12.8. The molecular weight excluding hydrogens is 412 g/mol. The number of benzene rings is 1. The van der Waals surface area contributed by atoms with Crippen molar-refractivity contribution in [3.63, 3.8) is 0 Å². The van der Waals surface area contributed by atoms with Gasteiger partial charge in [-0.15, -0.1) is 0 Å². The Labute approximate surface area is 166 Å². The van der Waals surface area contributed by atoms with Crippen molar-refractivity contribution in [2.75, 3.05) is 26.7 Å². The number of hydrogen-bond donors (Lipinski definition) is 1. The molecule has 0 radical (unpaired) electrons. The van der Waals surface area contributed by atoms with Crippen molar-refractivity contribution in [3.8, 4) is 5.75 Å². The Balaban J connectivity index is 1.51. The van der Waals surface area contributed by atoms with Crippen LogP contribution in [0.3, 0.4) is 0 Å². The summed E-state index contributed by atoms with van der Waals surface area (Å²) in [6, 6.07) is 5.40. The largest absolute Gasteiger partial charge is 0.497 e. The molecule has 1 aliphatic rings. The summed E-state index contributed by atoms with van der Waals surface area (Å²) in [7, 11) is 3.37. The van der Waals surface area contributed by atoms with Crippen LogP contribution in [0.5, 0.6) is 5.75 Å². The fourth-order valence-electron chi connectivity index (χ4n) is 3.18. The molecule has 0 unspecified atom stereocenters. The third kappa shape index (κ3) is 4.68. The molecule has 0 spiro atoms. The highest BCUT2D eigenvalue weighted by atomic mass is 79.9. The Morgan fingerprint density at radius 3 is 2.70 bits per heavy atom. The summed E-state index contributed by atoms with van der Waals surface area (Å²) in [6.07, 6.45) is 4.98. The van der Waals surface area contributed by atoms with Gasteiger partial charge in [0.05, 0.1) is 24.4 Å². The van der Waals surface area contributed by atoms with E-state index in [2.05, 4.69) is 26.3 Å². The fraction of sp³-hybridized carbons (Fsp3) is 0.421. The highest BCUT2D eigenvalue weighted by molar-refractivity contribution is 9.10. The minimum atomic E-state index is -0.109. The maximum Gasteiger partial charge on any atom is 0.255 e. The number of aryl methyl sites for hydroxylation is 1. The van der Waals surface area contributed by atoms with Crippen LogP contribution in [0.1, 0.15) is 33.6 Å². The van der Waals surface area contributed by atoms with E-state index < -0.39 is 0 Å². The number of carbonyl (C=O) groups excluding carboxylic acids is 2. The van der Waals surface area contributed by atoms with Gasteiger partial charge in [0, 0.05) is 37.4 Å². The van der Waals surface area contributed by atoms with Crippen molar-refractivity contribution in [2.24, 2.45) is 13.0 Å². The summed E-state index contributed by atoms with van der Waals surface area (Å²) >= 11 is 3.45. The molecule has 0 aliphatic carbocycles. The summed E-state index contributed by atoms with van der Waals surface area (Å²) < 4.78 is 7.59. The second kappa shape index (κ2) is 8.56. The van der Waals surface area contributed by atoms with E-state index in [4.69, 9.17) is 4.74 Å². The average molecular weight is 435 g/mol. The molecule has 8 heteroatoms. The Morgan fingerprint density at radius 1 is 1.33 bits per heavy atom. The molecule has 27 heavy (non-hydrogen) atoms. The number of likely N-dealkylation sites (tertiary alicyclic amines) is 1. The summed E-state index contributed by atoms with van der Waals surface area (Å²) in [5.41, 5.74) is 1.17. The van der Waals surface area contributed by atoms with Crippen molar-refractivity contribution in [1.29, 1.82) is 0 Å². The number of methoxy groups -OCH3 is 1. The third-order valence-electron chi connectivity index (χ3n) is 4.82. The molecule has 1 aromatic heterocycles. The zero-order chi connectivity index (χ0) is 19.4. The van der Waals surface area contributed by atoms with E-state index in [1.54, 1.807) is 37.3 Å². The standard InChI is InChI=1S/C19H23BrN4O3/c1-23-12-14(11-22-23)18(25)21-10-13-5-7-24(8-6-13)19(26)16-9-15(27-2)3-4-17(16)20/h3-4,9,11-13H,5-8,10H2,1-2H3,(H,21,25). The van der Waals surface area contributed by atoms with Gasteiger partial charge in [-0.1, -0.05) is 0 Å². The van der Waals surface area contributed by atoms with Gasteiger partial charge in [0.15, 0.2) is 0 Å². The Bertz CT molecular complexity index is 828. The first-order valence-electron chi connectivity index (χ1n) is 8.87. The lowest BCUT2D eigenvalue weighted by Crippen LogP contribution is -2.41. The van der Waals surface area contributed by atoms with Crippen LogP contribution in [0.25, 0.3) is 0 Å². The molecule has 1 saturated heterocycles. The molecule has 7 nitrogen and oxygen atoms in total. The molecule has 144 valence electrons. The number of rotatable bonds is 5. The van der Waals surface area contributed by atoms with Gasteiger partial charge in [-0.3, -0.25) is 14.3 Å². The lowest BCUT2D eigenvalue weighted by Gasteiger charge is -2.32. The number of nitrogens with zero attached hydrogens (tertiary/aromatic N) is 3. The predicted octanol–water partition coefficient (Wildman–Crippen LogP) is 2.47. The molecular formula is C19H23BrN4O3. The van der Waals surface area contributed by atoms with Crippen LogP contribution in [0, 0.1) is 5.92 Å². The number of halogens is 1. The summed E-state index contributed by atoms with van der Waals surface area (Å²) in [5.74, 6) is 0.915.